The van der Waals surface area contributed by atoms with Crippen LogP contribution in [0.15, 0.2) is 52.7 Å². The minimum atomic E-state index is -0.511. The molecule has 0 fully saturated rings. The van der Waals surface area contributed by atoms with E-state index in [4.69, 9.17) is 0 Å². The van der Waals surface area contributed by atoms with E-state index in [1.165, 1.54) is 0 Å². The van der Waals surface area contributed by atoms with Crippen molar-refractivity contribution in [2.45, 2.75) is 13.3 Å². The van der Waals surface area contributed by atoms with Crippen LogP contribution in [0.4, 0.5) is 0 Å². The van der Waals surface area contributed by atoms with Crippen LogP contribution in [0.25, 0.3) is 10.8 Å². The van der Waals surface area contributed by atoms with E-state index >= 15 is 0 Å². The van der Waals surface area contributed by atoms with Gasteiger partial charge >= 0.3 is 0 Å². The van der Waals surface area contributed by atoms with Gasteiger partial charge in [-0.2, -0.15) is 10.2 Å². The highest BCUT2D eigenvalue weighted by Gasteiger charge is 2.28. The molecule has 1 heterocycles. The minimum Gasteiger partial charge on any atom is -0.273 e. The molecule has 0 aliphatic carbocycles. The topological polar surface area (TPSA) is 82.9 Å². The molecule has 23 heavy (non-hydrogen) atoms. The van der Waals surface area contributed by atoms with Gasteiger partial charge in [0.15, 0.2) is 0 Å². The third-order valence-electron chi connectivity index (χ3n) is 3.77. The highest BCUT2D eigenvalue weighted by molar-refractivity contribution is 6.09. The van der Waals surface area contributed by atoms with E-state index in [1.807, 2.05) is 42.5 Å². The molecule has 1 atom stereocenters. The quantitative estimate of drug-likeness (QED) is 0.667. The second-order valence-corrected chi connectivity index (χ2v) is 5.35. The number of nitrogens with one attached hydrogen (secondary N) is 2. The van der Waals surface area contributed by atoms with E-state index in [2.05, 4.69) is 21.1 Å². The first-order valence-corrected chi connectivity index (χ1v) is 7.29. The van der Waals surface area contributed by atoms with Crippen molar-refractivity contribution >= 4 is 34.5 Å². The average Bonchev–Trinajstić information content (AvgIpc) is 2.87. The minimum absolute atomic E-state index is 0.0358. The number of amides is 2. The van der Waals surface area contributed by atoms with Gasteiger partial charge in [0.1, 0.15) is 0 Å². The fourth-order valence-electron chi connectivity index (χ4n) is 2.50. The maximum Gasteiger partial charge on any atom is 0.249 e. The average molecular weight is 308 g/mol. The second-order valence-electron chi connectivity index (χ2n) is 5.35. The number of rotatable bonds is 4. The molecule has 0 radical (unpaired) electrons. The Kier molecular flexibility index (Phi) is 4.14. The van der Waals surface area contributed by atoms with E-state index in [0.29, 0.717) is 5.71 Å². The molecule has 2 aromatic carbocycles. The SMILES string of the molecule is CC1=NNC(=O)[C@H]1CC(=O)N/N=C\c1cccc2ccccc12. The van der Waals surface area contributed by atoms with Crippen molar-refractivity contribution < 1.29 is 9.59 Å². The van der Waals surface area contributed by atoms with Crippen LogP contribution in [-0.2, 0) is 9.59 Å². The van der Waals surface area contributed by atoms with Gasteiger partial charge in [-0.3, -0.25) is 9.59 Å². The molecule has 0 spiro atoms. The van der Waals surface area contributed by atoms with Crippen LogP contribution in [0.5, 0.6) is 0 Å². The zero-order valence-electron chi connectivity index (χ0n) is 12.6. The number of hydrogen-bond donors (Lipinski definition) is 2. The van der Waals surface area contributed by atoms with Crippen molar-refractivity contribution in [3.63, 3.8) is 0 Å². The number of carbonyl (C=O) groups excluding carboxylic acids is 2. The summed E-state index contributed by atoms with van der Waals surface area (Å²) < 4.78 is 0. The lowest BCUT2D eigenvalue weighted by atomic mass is 10.0. The Labute approximate surface area is 133 Å². The summed E-state index contributed by atoms with van der Waals surface area (Å²) in [6.45, 7) is 1.72. The maximum absolute atomic E-state index is 11.9. The Balaban J connectivity index is 1.65. The molecule has 2 aromatic rings. The normalized spacial score (nSPS) is 17.3. The van der Waals surface area contributed by atoms with Gasteiger partial charge in [-0.25, -0.2) is 10.9 Å². The van der Waals surface area contributed by atoms with Gasteiger partial charge in [-0.15, -0.1) is 0 Å². The molecule has 0 aromatic heterocycles. The number of fused-ring (bicyclic) bond motifs is 1. The summed E-state index contributed by atoms with van der Waals surface area (Å²) in [4.78, 5) is 23.4. The molecule has 1 aliphatic rings. The smallest absolute Gasteiger partial charge is 0.249 e. The summed E-state index contributed by atoms with van der Waals surface area (Å²) in [5.41, 5.74) is 6.35. The molecule has 116 valence electrons. The van der Waals surface area contributed by atoms with Crippen molar-refractivity contribution in [1.29, 1.82) is 0 Å². The number of benzene rings is 2. The molecule has 1 aliphatic heterocycles. The van der Waals surface area contributed by atoms with Crippen LogP contribution >= 0.6 is 0 Å². The Bertz CT molecular complexity index is 821. The Morgan fingerprint density at radius 3 is 2.87 bits per heavy atom. The highest BCUT2D eigenvalue weighted by atomic mass is 16.2. The van der Waals surface area contributed by atoms with E-state index in [1.54, 1.807) is 13.1 Å². The first kappa shape index (κ1) is 14.9. The van der Waals surface area contributed by atoms with Gasteiger partial charge in [0.05, 0.1) is 12.1 Å². The lowest BCUT2D eigenvalue weighted by Gasteiger charge is -2.06. The third-order valence-corrected chi connectivity index (χ3v) is 3.77. The lowest BCUT2D eigenvalue weighted by Crippen LogP contribution is -2.29. The van der Waals surface area contributed by atoms with Gasteiger partial charge < -0.3 is 0 Å². The number of hydrogen-bond acceptors (Lipinski definition) is 4. The standard InChI is InChI=1S/C17H16N4O2/c1-11-15(17(23)21-19-11)9-16(22)20-18-10-13-7-4-6-12-5-2-3-8-14(12)13/h2-8,10,15H,9H2,1H3,(H,20,22)(H,21,23)/b18-10-/t15-/m0/s1. The number of hydrazone groups is 2. The summed E-state index contributed by atoms with van der Waals surface area (Å²) in [6, 6.07) is 13.8. The molecule has 0 saturated heterocycles. The molecule has 6 heteroatoms. The Hall–Kier alpha value is -3.02. The zero-order valence-corrected chi connectivity index (χ0v) is 12.6. The van der Waals surface area contributed by atoms with Crippen LogP contribution in [-0.4, -0.2) is 23.7 Å². The van der Waals surface area contributed by atoms with Gasteiger partial charge in [-0.05, 0) is 17.7 Å². The molecule has 2 amide bonds. The van der Waals surface area contributed by atoms with Crippen molar-refractivity contribution in [3.05, 3.63) is 48.0 Å². The summed E-state index contributed by atoms with van der Waals surface area (Å²) >= 11 is 0. The van der Waals surface area contributed by atoms with Crippen LogP contribution < -0.4 is 10.9 Å². The van der Waals surface area contributed by atoms with Gasteiger partial charge in [0.25, 0.3) is 0 Å². The molecular formula is C17H16N4O2. The predicted molar refractivity (Wildman–Crippen MR) is 89.0 cm³/mol. The Morgan fingerprint density at radius 1 is 1.30 bits per heavy atom. The molecule has 0 unspecified atom stereocenters. The Morgan fingerprint density at radius 2 is 2.09 bits per heavy atom. The fraction of sp³-hybridized carbons (Fsp3) is 0.176. The molecule has 0 saturated carbocycles. The monoisotopic (exact) mass is 308 g/mol. The first-order chi connectivity index (χ1) is 11.1. The van der Waals surface area contributed by atoms with Crippen molar-refractivity contribution in [2.75, 3.05) is 0 Å². The van der Waals surface area contributed by atoms with E-state index in [0.717, 1.165) is 16.3 Å². The van der Waals surface area contributed by atoms with Crippen molar-refractivity contribution in [2.24, 2.45) is 16.1 Å². The zero-order chi connectivity index (χ0) is 16.2. The summed E-state index contributed by atoms with van der Waals surface area (Å²) in [5.74, 6) is -1.09. The molecule has 2 N–H and O–H groups in total. The van der Waals surface area contributed by atoms with Crippen LogP contribution in [0.3, 0.4) is 0 Å². The van der Waals surface area contributed by atoms with Crippen molar-refractivity contribution in [3.8, 4) is 0 Å². The molecule has 3 rings (SSSR count). The second kappa shape index (κ2) is 6.39. The maximum atomic E-state index is 11.9. The highest BCUT2D eigenvalue weighted by Crippen LogP contribution is 2.16. The lowest BCUT2D eigenvalue weighted by molar-refractivity contribution is -0.127. The third kappa shape index (κ3) is 3.26. The molecule has 6 nitrogen and oxygen atoms in total. The van der Waals surface area contributed by atoms with E-state index < -0.39 is 5.92 Å². The molecule has 0 bridgehead atoms. The summed E-state index contributed by atoms with van der Waals surface area (Å²) in [6.07, 6.45) is 1.64. The van der Waals surface area contributed by atoms with E-state index in [-0.39, 0.29) is 18.2 Å². The molecular weight excluding hydrogens is 292 g/mol. The summed E-state index contributed by atoms with van der Waals surface area (Å²) in [5, 5.41) is 9.97. The summed E-state index contributed by atoms with van der Waals surface area (Å²) in [7, 11) is 0. The largest absolute Gasteiger partial charge is 0.273 e. The van der Waals surface area contributed by atoms with Crippen LogP contribution in [0.2, 0.25) is 0 Å². The van der Waals surface area contributed by atoms with Gasteiger partial charge in [0, 0.05) is 17.7 Å². The number of nitrogens with zero attached hydrogens (tertiary/aromatic N) is 2. The van der Waals surface area contributed by atoms with Gasteiger partial charge in [0.2, 0.25) is 11.8 Å². The number of carbonyl (C=O) groups is 2. The predicted octanol–water partition coefficient (Wildman–Crippen LogP) is 1.80. The van der Waals surface area contributed by atoms with Crippen LogP contribution in [0.1, 0.15) is 18.9 Å². The van der Waals surface area contributed by atoms with Crippen LogP contribution in [0, 0.1) is 5.92 Å². The fourth-order valence-corrected chi connectivity index (χ4v) is 2.50. The van der Waals surface area contributed by atoms with E-state index in [9.17, 15) is 9.59 Å². The first-order valence-electron chi connectivity index (χ1n) is 7.29. The van der Waals surface area contributed by atoms with Crippen molar-refractivity contribution in [1.82, 2.24) is 10.9 Å². The van der Waals surface area contributed by atoms with Gasteiger partial charge in [-0.1, -0.05) is 42.5 Å².